The fourth-order valence-electron chi connectivity index (χ4n) is 4.99. The smallest absolute Gasteiger partial charge is 0.239 e. The van der Waals surface area contributed by atoms with E-state index in [4.69, 9.17) is 28.1 Å². The molecule has 16 nitrogen and oxygen atoms in total. The van der Waals surface area contributed by atoms with E-state index in [1.165, 1.54) is 38.3 Å². The lowest BCUT2D eigenvalue weighted by Crippen LogP contribution is -2.60. The van der Waals surface area contributed by atoms with Gasteiger partial charge in [-0.2, -0.15) is 0 Å². The first-order valence-corrected chi connectivity index (χ1v) is 13.4. The van der Waals surface area contributed by atoms with E-state index in [0.29, 0.717) is 0 Å². The van der Waals surface area contributed by atoms with Crippen LogP contribution in [0, 0.1) is 0 Å². The summed E-state index contributed by atoms with van der Waals surface area (Å²) in [6, 6.07) is 6.20. The van der Waals surface area contributed by atoms with Crippen LogP contribution >= 0.6 is 0 Å². The Kier molecular flexibility index (Phi) is 8.90. The maximum atomic E-state index is 13.9. The van der Waals surface area contributed by atoms with E-state index in [1.807, 2.05) is 0 Å². The van der Waals surface area contributed by atoms with Crippen LogP contribution in [-0.2, 0) is 9.47 Å². The average Bonchev–Trinajstić information content (AvgIpc) is 3.00. The Morgan fingerprint density at radius 3 is 2.02 bits per heavy atom. The van der Waals surface area contributed by atoms with Crippen LogP contribution in [0.3, 0.4) is 0 Å². The number of hydrogen-bond donors (Lipinski definition) is 9. The average molecular weight is 625 g/mol. The molecule has 2 fully saturated rings. The molecule has 0 saturated carbocycles. The number of aliphatic hydroxyl groups excluding tert-OH is 7. The molecular weight excluding hydrogens is 592 g/mol. The number of fused-ring (bicyclic) bond motifs is 1. The monoisotopic (exact) mass is 624 g/mol. The number of methoxy groups -OCH3 is 1. The maximum Gasteiger partial charge on any atom is 0.239 e. The highest BCUT2D eigenvalue weighted by molar-refractivity contribution is 5.93. The predicted octanol–water partition coefficient (Wildman–Crippen LogP) is -1.74. The number of benzene rings is 2. The van der Waals surface area contributed by atoms with Crippen molar-refractivity contribution in [2.45, 2.75) is 68.3 Å². The third-order valence-electron chi connectivity index (χ3n) is 7.49. The normalized spacial score (nSPS) is 32.4. The molecule has 240 valence electrons. The van der Waals surface area contributed by atoms with Crippen LogP contribution in [0.1, 0.15) is 6.92 Å². The molecule has 2 saturated heterocycles. The van der Waals surface area contributed by atoms with Crippen molar-refractivity contribution in [3.63, 3.8) is 0 Å². The van der Waals surface area contributed by atoms with Gasteiger partial charge in [-0.1, -0.05) is 0 Å². The molecule has 9 N–H and O–H groups in total. The summed E-state index contributed by atoms with van der Waals surface area (Å²) in [6.45, 7) is 0.669. The van der Waals surface area contributed by atoms with Crippen molar-refractivity contribution < 1.29 is 74.1 Å². The number of rotatable bonds is 7. The molecule has 2 aromatic carbocycles. The van der Waals surface area contributed by atoms with Crippen molar-refractivity contribution in [1.29, 1.82) is 0 Å². The van der Waals surface area contributed by atoms with Crippen LogP contribution in [0.5, 0.6) is 28.7 Å². The largest absolute Gasteiger partial charge is 0.508 e. The predicted molar refractivity (Wildman–Crippen MR) is 145 cm³/mol. The molecule has 0 bridgehead atoms. The van der Waals surface area contributed by atoms with E-state index in [2.05, 4.69) is 0 Å². The molecule has 0 aliphatic carbocycles. The van der Waals surface area contributed by atoms with Gasteiger partial charge in [-0.15, -0.1) is 0 Å². The quantitative estimate of drug-likeness (QED) is 0.141. The first kappa shape index (κ1) is 31.7. The zero-order valence-corrected chi connectivity index (χ0v) is 23.3. The van der Waals surface area contributed by atoms with E-state index in [1.54, 1.807) is 0 Å². The number of phenolic OH excluding ortho intramolecular Hbond substituents is 2. The Morgan fingerprint density at radius 1 is 0.795 bits per heavy atom. The van der Waals surface area contributed by atoms with Gasteiger partial charge in [0.05, 0.1) is 19.8 Å². The van der Waals surface area contributed by atoms with E-state index < -0.39 is 90.3 Å². The van der Waals surface area contributed by atoms with Crippen LogP contribution in [0.2, 0.25) is 0 Å². The lowest BCUT2D eigenvalue weighted by molar-refractivity contribution is -0.277. The Bertz CT molecular complexity index is 1540. The zero-order chi connectivity index (χ0) is 32.0. The lowest BCUT2D eigenvalue weighted by atomic mass is 9.99. The number of aliphatic hydroxyl groups is 7. The topological polar surface area (TPSA) is 258 Å². The summed E-state index contributed by atoms with van der Waals surface area (Å²) in [5.41, 5.74) is -1.25. The maximum absolute atomic E-state index is 13.9. The van der Waals surface area contributed by atoms with Crippen LogP contribution in [0.25, 0.3) is 22.3 Å². The Labute approximate surface area is 248 Å². The van der Waals surface area contributed by atoms with Gasteiger partial charge in [0.25, 0.3) is 0 Å². The van der Waals surface area contributed by atoms with Crippen molar-refractivity contribution in [2.24, 2.45) is 0 Å². The summed E-state index contributed by atoms with van der Waals surface area (Å²) in [4.78, 5) is 13.9. The highest BCUT2D eigenvalue weighted by Gasteiger charge is 2.46. The molecule has 0 spiro atoms. The van der Waals surface area contributed by atoms with E-state index in [9.17, 15) is 50.8 Å². The fraction of sp³-hybridized carbons (Fsp3) is 0.464. The Hall–Kier alpha value is -3.71. The summed E-state index contributed by atoms with van der Waals surface area (Å²) in [6.07, 6.45) is -15.9. The van der Waals surface area contributed by atoms with Gasteiger partial charge in [0.1, 0.15) is 59.6 Å². The fourth-order valence-corrected chi connectivity index (χ4v) is 4.99. The molecular formula is C28H32O16. The summed E-state index contributed by atoms with van der Waals surface area (Å²) in [5, 5.41) is 91.3. The second-order valence-corrected chi connectivity index (χ2v) is 10.4. The first-order valence-electron chi connectivity index (χ1n) is 13.4. The first-order chi connectivity index (χ1) is 20.9. The van der Waals surface area contributed by atoms with Crippen molar-refractivity contribution in [2.75, 3.05) is 13.7 Å². The summed E-state index contributed by atoms with van der Waals surface area (Å²) >= 11 is 0. The molecule has 44 heavy (non-hydrogen) atoms. The molecule has 1 aromatic heterocycles. The summed E-state index contributed by atoms with van der Waals surface area (Å²) in [7, 11) is 1.19. The van der Waals surface area contributed by atoms with E-state index in [0.717, 1.165) is 6.07 Å². The third kappa shape index (κ3) is 5.51. The zero-order valence-electron chi connectivity index (χ0n) is 23.3. The molecule has 2 aliphatic heterocycles. The van der Waals surface area contributed by atoms with Gasteiger partial charge in [-0.05, 0) is 31.2 Å². The number of hydrogen-bond acceptors (Lipinski definition) is 16. The van der Waals surface area contributed by atoms with Crippen molar-refractivity contribution in [1.82, 2.24) is 0 Å². The molecule has 0 amide bonds. The minimum atomic E-state index is -1.90. The standard InChI is InChI=1S/C28H32O16/c1-9-16(32)19(35)21(37)27(40-9)41-13-7-12(31)15-18(34)26(44-28-22(38)20(36)17(33)14(8-29)42-28)23(43-25(15)24(13)39-2)10-3-5-11(30)6-4-10/h3-7,9,14,16-17,19-22,27-33,35-38H,8H2,1-2H3/t9?,14?,16-,17+,19-,20?,21?,22?,27-,28-/m0/s1. The van der Waals surface area contributed by atoms with Crippen LogP contribution in [0.4, 0.5) is 0 Å². The third-order valence-corrected chi connectivity index (χ3v) is 7.49. The van der Waals surface area contributed by atoms with Gasteiger partial charge in [0.2, 0.25) is 29.5 Å². The molecule has 10 atom stereocenters. The minimum Gasteiger partial charge on any atom is -0.508 e. The lowest BCUT2D eigenvalue weighted by Gasteiger charge is -2.39. The van der Waals surface area contributed by atoms with Crippen molar-refractivity contribution in [3.05, 3.63) is 40.6 Å². The van der Waals surface area contributed by atoms with Gasteiger partial charge >= 0.3 is 0 Å². The van der Waals surface area contributed by atoms with Gasteiger partial charge in [0.15, 0.2) is 17.1 Å². The van der Waals surface area contributed by atoms with Gasteiger partial charge < -0.3 is 74.1 Å². The van der Waals surface area contributed by atoms with E-state index >= 15 is 0 Å². The molecule has 5 rings (SSSR count). The Morgan fingerprint density at radius 2 is 1.41 bits per heavy atom. The van der Waals surface area contributed by atoms with E-state index in [-0.39, 0.29) is 34.2 Å². The van der Waals surface area contributed by atoms with Crippen molar-refractivity contribution >= 4 is 11.0 Å². The van der Waals surface area contributed by atoms with Crippen LogP contribution in [-0.4, -0.2) is 121 Å². The summed E-state index contributed by atoms with van der Waals surface area (Å²) in [5.74, 6) is -2.37. The molecule has 0 radical (unpaired) electrons. The van der Waals surface area contributed by atoms with Gasteiger partial charge in [-0.25, -0.2) is 0 Å². The molecule has 3 heterocycles. The number of ether oxygens (including phenoxy) is 5. The number of phenols is 2. The second-order valence-electron chi connectivity index (χ2n) is 10.4. The van der Waals surface area contributed by atoms with Gasteiger partial charge in [0, 0.05) is 11.6 Å². The molecule has 16 heteroatoms. The van der Waals surface area contributed by atoms with Crippen molar-refractivity contribution in [3.8, 4) is 40.1 Å². The summed E-state index contributed by atoms with van der Waals surface area (Å²) < 4.78 is 33.7. The Balaban J connectivity index is 1.66. The SMILES string of the molecule is COc1c(O[C@@H]2OC(C)[C@H](O)[C@H](O)C2O)cc(O)c2c(=O)c(O[C@@H]3OC(CO)[C@@H](O)C(O)C3O)c(-c3ccc(O)cc3)oc12. The highest BCUT2D eigenvalue weighted by atomic mass is 16.7. The van der Waals surface area contributed by atoms with Crippen LogP contribution in [0.15, 0.2) is 39.5 Å². The molecule has 3 aromatic rings. The number of aromatic hydroxyl groups is 2. The van der Waals surface area contributed by atoms with Crippen LogP contribution < -0.4 is 19.6 Å². The molecule has 2 aliphatic rings. The molecule has 5 unspecified atom stereocenters. The minimum absolute atomic E-state index is 0.133. The van der Waals surface area contributed by atoms with Gasteiger partial charge in [-0.3, -0.25) is 4.79 Å². The second kappa shape index (κ2) is 12.4. The highest BCUT2D eigenvalue weighted by Crippen LogP contribution is 2.45.